The molecule has 140 valence electrons. The Morgan fingerprint density at radius 2 is 1.89 bits per heavy atom. The van der Waals surface area contributed by atoms with Crippen molar-refractivity contribution < 1.29 is 9.84 Å². The van der Waals surface area contributed by atoms with E-state index in [0.717, 1.165) is 16.1 Å². The van der Waals surface area contributed by atoms with Gasteiger partial charge in [-0.2, -0.15) is 5.10 Å². The van der Waals surface area contributed by atoms with Crippen LogP contribution in [0.25, 0.3) is 11.3 Å². The van der Waals surface area contributed by atoms with E-state index in [1.165, 1.54) is 22.5 Å². The summed E-state index contributed by atoms with van der Waals surface area (Å²) in [5.41, 5.74) is 5.88. The van der Waals surface area contributed by atoms with E-state index in [4.69, 9.17) is 9.84 Å². The molecule has 0 saturated carbocycles. The molecule has 3 aromatic rings. The van der Waals surface area contributed by atoms with Gasteiger partial charge in [-0.1, -0.05) is 12.1 Å². The molecule has 0 amide bonds. The van der Waals surface area contributed by atoms with Crippen LogP contribution in [-0.4, -0.2) is 29.7 Å². The Bertz CT molecular complexity index is 1080. The number of nitrogens with zero attached hydrogens (tertiary/aromatic N) is 3. The number of phenols is 1. The van der Waals surface area contributed by atoms with E-state index in [9.17, 15) is 5.11 Å². The van der Waals surface area contributed by atoms with Gasteiger partial charge in [0.15, 0.2) is 0 Å². The van der Waals surface area contributed by atoms with E-state index < -0.39 is 0 Å². The highest BCUT2D eigenvalue weighted by Crippen LogP contribution is 2.26. The molecule has 0 spiro atoms. The van der Waals surface area contributed by atoms with Crippen LogP contribution in [0.3, 0.4) is 0 Å². The smallest absolute Gasteiger partial charge is 0.205 e. The minimum Gasteiger partial charge on any atom is -0.507 e. The highest BCUT2D eigenvalue weighted by atomic mass is 32.1. The van der Waals surface area contributed by atoms with Crippen molar-refractivity contribution in [3.63, 3.8) is 0 Å². The second kappa shape index (κ2) is 7.80. The topological polar surface area (TPSA) is 59.1 Å². The lowest BCUT2D eigenvalue weighted by Gasteiger charge is -2.09. The maximum Gasteiger partial charge on any atom is 0.205 e. The molecule has 0 aliphatic rings. The van der Waals surface area contributed by atoms with Gasteiger partial charge in [-0.05, 0) is 50.1 Å². The predicted molar refractivity (Wildman–Crippen MR) is 111 cm³/mol. The summed E-state index contributed by atoms with van der Waals surface area (Å²) in [5.74, 6) is 0.737. The van der Waals surface area contributed by atoms with Gasteiger partial charge < -0.3 is 9.84 Å². The molecule has 0 aliphatic heterocycles. The van der Waals surface area contributed by atoms with Gasteiger partial charge in [-0.15, -0.1) is 11.3 Å². The molecular weight excluding hydrogens is 358 g/mol. The number of thiazole rings is 1. The molecular formula is C21H23N3O2S. The summed E-state index contributed by atoms with van der Waals surface area (Å²) in [6, 6.07) is 11.6. The van der Waals surface area contributed by atoms with Gasteiger partial charge in [0.1, 0.15) is 11.5 Å². The summed E-state index contributed by atoms with van der Waals surface area (Å²) in [4.78, 5) is 5.13. The average molecular weight is 382 g/mol. The average Bonchev–Trinajstić information content (AvgIpc) is 3.06. The summed E-state index contributed by atoms with van der Waals surface area (Å²) >= 11 is 1.54. The molecule has 0 saturated heterocycles. The number of aryl methyl sites for hydroxylation is 2. The Morgan fingerprint density at radius 3 is 2.52 bits per heavy atom. The molecule has 1 aromatic heterocycles. The molecule has 0 unspecified atom stereocenters. The van der Waals surface area contributed by atoms with Crippen molar-refractivity contribution in [3.05, 3.63) is 63.3 Å². The maximum absolute atomic E-state index is 10.3. The molecule has 0 bridgehead atoms. The van der Waals surface area contributed by atoms with Crippen LogP contribution >= 0.6 is 11.3 Å². The van der Waals surface area contributed by atoms with E-state index in [1.54, 1.807) is 26.3 Å². The number of hydrogen-bond acceptors (Lipinski definition) is 5. The molecule has 1 heterocycles. The first-order chi connectivity index (χ1) is 12.9. The largest absolute Gasteiger partial charge is 0.507 e. The Balaban J connectivity index is 2.12. The minimum absolute atomic E-state index is 0.133. The normalized spacial score (nSPS) is 12.5. The Morgan fingerprint density at radius 1 is 1.11 bits per heavy atom. The number of rotatable bonds is 4. The second-order valence-electron chi connectivity index (χ2n) is 6.31. The number of phenolic OH excluding ortho intramolecular Hbond substituents is 1. The molecule has 5 nitrogen and oxygen atoms in total. The Kier molecular flexibility index (Phi) is 5.46. The molecule has 0 atom stereocenters. The van der Waals surface area contributed by atoms with Crippen LogP contribution in [0.2, 0.25) is 0 Å². The van der Waals surface area contributed by atoms with Crippen molar-refractivity contribution >= 4 is 17.0 Å². The van der Waals surface area contributed by atoms with Crippen LogP contribution in [0.15, 0.2) is 51.9 Å². The third-order valence-corrected chi connectivity index (χ3v) is 5.43. The Labute approximate surface area is 162 Å². The molecule has 6 heteroatoms. The lowest BCUT2D eigenvalue weighted by atomic mass is 10.1. The van der Waals surface area contributed by atoms with Gasteiger partial charge in [-0.3, -0.25) is 4.99 Å². The zero-order chi connectivity index (χ0) is 19.6. The van der Waals surface area contributed by atoms with Crippen LogP contribution in [0.4, 0.5) is 0 Å². The summed E-state index contributed by atoms with van der Waals surface area (Å²) in [5, 5.41) is 17.1. The van der Waals surface area contributed by atoms with E-state index in [2.05, 4.69) is 42.4 Å². The van der Waals surface area contributed by atoms with E-state index in [0.29, 0.717) is 17.0 Å². The molecule has 2 aromatic carbocycles. The van der Waals surface area contributed by atoms with Gasteiger partial charge in [0, 0.05) is 29.6 Å². The number of methoxy groups -OCH3 is 1. The zero-order valence-electron chi connectivity index (χ0n) is 16.1. The first-order valence-electron chi connectivity index (χ1n) is 8.58. The fourth-order valence-corrected chi connectivity index (χ4v) is 3.59. The van der Waals surface area contributed by atoms with E-state index >= 15 is 0 Å². The molecule has 1 N–H and O–H groups in total. The van der Waals surface area contributed by atoms with Crippen molar-refractivity contribution in [3.8, 4) is 22.8 Å². The molecule has 0 aliphatic carbocycles. The summed E-state index contributed by atoms with van der Waals surface area (Å²) in [6.45, 7) is 6.07. The molecule has 0 radical (unpaired) electrons. The third-order valence-electron chi connectivity index (χ3n) is 4.52. The van der Waals surface area contributed by atoms with Crippen LogP contribution in [0.5, 0.6) is 11.5 Å². The first-order valence-corrected chi connectivity index (χ1v) is 9.46. The first kappa shape index (κ1) is 18.9. The van der Waals surface area contributed by atoms with Crippen molar-refractivity contribution in [2.75, 3.05) is 14.2 Å². The fraction of sp³-hybridized carbons (Fsp3) is 0.238. The van der Waals surface area contributed by atoms with Gasteiger partial charge in [0.05, 0.1) is 18.5 Å². The lowest BCUT2D eigenvalue weighted by molar-refractivity contribution is 0.407. The number of ether oxygens (including phenoxy) is 1. The third kappa shape index (κ3) is 3.80. The van der Waals surface area contributed by atoms with Crippen molar-refractivity contribution in [1.29, 1.82) is 0 Å². The number of benzene rings is 2. The highest BCUT2D eigenvalue weighted by Gasteiger charge is 2.11. The lowest BCUT2D eigenvalue weighted by Crippen LogP contribution is -2.14. The predicted octanol–water partition coefficient (Wildman–Crippen LogP) is 4.35. The maximum atomic E-state index is 10.3. The van der Waals surface area contributed by atoms with Crippen molar-refractivity contribution in [2.45, 2.75) is 20.8 Å². The van der Waals surface area contributed by atoms with Crippen LogP contribution in [0.1, 0.15) is 23.6 Å². The monoisotopic (exact) mass is 381 g/mol. The second-order valence-corrected chi connectivity index (χ2v) is 7.14. The quantitative estimate of drug-likeness (QED) is 0.683. The van der Waals surface area contributed by atoms with Crippen LogP contribution < -0.4 is 9.54 Å². The van der Waals surface area contributed by atoms with Gasteiger partial charge >= 0.3 is 0 Å². The van der Waals surface area contributed by atoms with Gasteiger partial charge in [0.25, 0.3) is 0 Å². The van der Waals surface area contributed by atoms with Crippen molar-refractivity contribution in [1.82, 2.24) is 4.68 Å². The number of hydrogen-bond donors (Lipinski definition) is 1. The fourth-order valence-electron chi connectivity index (χ4n) is 2.79. The number of aromatic hydroxyl groups is 1. The van der Waals surface area contributed by atoms with E-state index in [-0.39, 0.29) is 5.75 Å². The Hall–Kier alpha value is -2.86. The zero-order valence-corrected chi connectivity index (χ0v) is 17.0. The van der Waals surface area contributed by atoms with Gasteiger partial charge in [0.2, 0.25) is 4.80 Å². The summed E-state index contributed by atoms with van der Waals surface area (Å²) < 4.78 is 6.98. The van der Waals surface area contributed by atoms with Crippen LogP contribution in [-0.2, 0) is 0 Å². The standard InChI is InChI=1S/C21H23N3O2S/c1-13-6-7-16(10-14(13)2)19-12-27-21(22-4)24(19)23-15(3)18-9-8-17(26-5)11-20(18)25/h6-12,25H,1-5H3. The number of aromatic nitrogens is 1. The van der Waals surface area contributed by atoms with Crippen LogP contribution in [0, 0.1) is 13.8 Å². The van der Waals surface area contributed by atoms with E-state index in [1.807, 2.05) is 17.7 Å². The minimum atomic E-state index is 0.133. The molecule has 0 fully saturated rings. The SMILES string of the molecule is CN=c1scc(-c2ccc(C)c(C)c2)n1N=C(C)c1ccc(OC)cc1O. The molecule has 27 heavy (non-hydrogen) atoms. The molecule has 3 rings (SSSR count). The van der Waals surface area contributed by atoms with Gasteiger partial charge in [-0.25, -0.2) is 4.68 Å². The highest BCUT2D eigenvalue weighted by molar-refractivity contribution is 7.07. The van der Waals surface area contributed by atoms with Crippen molar-refractivity contribution in [2.24, 2.45) is 10.1 Å². The summed E-state index contributed by atoms with van der Waals surface area (Å²) in [7, 11) is 3.32. The summed E-state index contributed by atoms with van der Waals surface area (Å²) in [6.07, 6.45) is 0.